The third kappa shape index (κ3) is 3.55. The number of amides is 1. The Bertz CT molecular complexity index is 1030. The highest BCUT2D eigenvalue weighted by Crippen LogP contribution is 2.36. The molecule has 7 nitrogen and oxygen atoms in total. The smallest absolute Gasteiger partial charge is 0.269 e. The highest BCUT2D eigenvalue weighted by atomic mass is 32.2. The second-order valence-corrected chi connectivity index (χ2v) is 8.02. The van der Waals surface area contributed by atoms with Gasteiger partial charge in [0.15, 0.2) is 5.17 Å². The van der Waals surface area contributed by atoms with Gasteiger partial charge in [-0.15, -0.1) is 0 Å². The van der Waals surface area contributed by atoms with Gasteiger partial charge in [0.25, 0.3) is 11.6 Å². The van der Waals surface area contributed by atoms with E-state index in [1.54, 1.807) is 17.0 Å². The van der Waals surface area contributed by atoms with Gasteiger partial charge in [0.2, 0.25) is 0 Å². The standard InChI is InChI=1S/C21H20N4O3S/c1-3-13(2)18-20(26)24-19(23-18)16-6-4-5-7-17(16)22-21(24)29-12-14-8-10-15(11-9-14)25(27)28/h4-11,13,18H,3,12H2,1-2H3/t13-,18-/m1/s1. The van der Waals surface area contributed by atoms with Crippen molar-refractivity contribution in [2.45, 2.75) is 32.1 Å². The number of para-hydroxylation sites is 1. The summed E-state index contributed by atoms with van der Waals surface area (Å²) < 4.78 is 0. The normalized spacial score (nSPS) is 18.6. The van der Waals surface area contributed by atoms with Crippen molar-refractivity contribution in [1.29, 1.82) is 0 Å². The molecule has 29 heavy (non-hydrogen) atoms. The van der Waals surface area contributed by atoms with Crippen LogP contribution in [-0.4, -0.2) is 32.8 Å². The van der Waals surface area contributed by atoms with Crippen LogP contribution in [0.4, 0.5) is 11.4 Å². The minimum Gasteiger partial charge on any atom is -0.271 e. The van der Waals surface area contributed by atoms with Crippen LogP contribution in [0.1, 0.15) is 31.4 Å². The molecule has 0 saturated carbocycles. The zero-order chi connectivity index (χ0) is 20.5. The zero-order valence-corrected chi connectivity index (χ0v) is 16.9. The predicted molar refractivity (Wildman–Crippen MR) is 115 cm³/mol. The molecule has 148 valence electrons. The van der Waals surface area contributed by atoms with E-state index in [0.29, 0.717) is 16.8 Å². The molecule has 0 saturated heterocycles. The summed E-state index contributed by atoms with van der Waals surface area (Å²) >= 11 is 1.43. The maximum Gasteiger partial charge on any atom is 0.269 e. The molecule has 1 amide bonds. The largest absolute Gasteiger partial charge is 0.271 e. The summed E-state index contributed by atoms with van der Waals surface area (Å²) in [7, 11) is 0. The fraction of sp³-hybridized carbons (Fsp3) is 0.286. The molecule has 0 N–H and O–H groups in total. The molecule has 0 radical (unpaired) electrons. The molecule has 0 unspecified atom stereocenters. The number of carbonyl (C=O) groups excluding carboxylic acids is 1. The first-order valence-electron chi connectivity index (χ1n) is 9.45. The first kappa shape index (κ1) is 19.3. The Hall–Kier alpha value is -3.00. The van der Waals surface area contributed by atoms with Gasteiger partial charge in [0, 0.05) is 23.4 Å². The topological polar surface area (TPSA) is 88.2 Å². The molecule has 2 atom stereocenters. The quantitative estimate of drug-likeness (QED) is 0.537. The number of nitro groups is 1. The van der Waals surface area contributed by atoms with Crippen molar-refractivity contribution in [1.82, 2.24) is 4.90 Å². The van der Waals surface area contributed by atoms with Gasteiger partial charge in [0.05, 0.1) is 10.6 Å². The van der Waals surface area contributed by atoms with Crippen LogP contribution in [-0.2, 0) is 10.5 Å². The van der Waals surface area contributed by atoms with Crippen molar-refractivity contribution in [3.8, 4) is 0 Å². The first-order chi connectivity index (χ1) is 14.0. The van der Waals surface area contributed by atoms with Crippen LogP contribution in [0.15, 0.2) is 58.5 Å². The second-order valence-electron chi connectivity index (χ2n) is 7.08. The molecule has 2 heterocycles. The van der Waals surface area contributed by atoms with Crippen molar-refractivity contribution in [3.05, 3.63) is 69.8 Å². The number of amidine groups is 2. The Morgan fingerprint density at radius 2 is 1.93 bits per heavy atom. The Balaban J connectivity index is 1.63. The lowest BCUT2D eigenvalue weighted by atomic mass is 10.00. The van der Waals surface area contributed by atoms with Gasteiger partial charge in [-0.05, 0) is 23.6 Å². The Morgan fingerprint density at radius 3 is 2.62 bits per heavy atom. The fourth-order valence-corrected chi connectivity index (χ4v) is 4.28. The SMILES string of the molecule is CC[C@@H](C)[C@H]1N=C2c3ccccc3N=C(SCc3ccc([N+](=O)[O-])cc3)N2C1=O. The molecular weight excluding hydrogens is 388 g/mol. The van der Waals surface area contributed by atoms with E-state index in [9.17, 15) is 14.9 Å². The third-order valence-electron chi connectivity index (χ3n) is 5.20. The predicted octanol–water partition coefficient (Wildman–Crippen LogP) is 4.53. The maximum absolute atomic E-state index is 13.1. The third-order valence-corrected chi connectivity index (χ3v) is 6.21. The number of hydrogen-bond donors (Lipinski definition) is 0. The highest BCUT2D eigenvalue weighted by molar-refractivity contribution is 8.13. The Labute approximate surface area is 172 Å². The van der Waals surface area contributed by atoms with E-state index in [0.717, 1.165) is 23.2 Å². The molecule has 2 aromatic rings. The van der Waals surface area contributed by atoms with E-state index >= 15 is 0 Å². The lowest BCUT2D eigenvalue weighted by Crippen LogP contribution is -2.42. The number of rotatable bonds is 5. The highest BCUT2D eigenvalue weighted by Gasteiger charge is 2.42. The molecule has 4 rings (SSSR count). The number of thioether (sulfide) groups is 1. The fourth-order valence-electron chi connectivity index (χ4n) is 3.32. The lowest BCUT2D eigenvalue weighted by Gasteiger charge is -2.26. The van der Waals surface area contributed by atoms with Crippen LogP contribution in [0.5, 0.6) is 0 Å². The van der Waals surface area contributed by atoms with Crippen molar-refractivity contribution in [2.24, 2.45) is 15.9 Å². The van der Waals surface area contributed by atoms with Crippen LogP contribution in [0, 0.1) is 16.0 Å². The number of hydrogen-bond acceptors (Lipinski definition) is 6. The second kappa shape index (κ2) is 7.79. The average molecular weight is 408 g/mol. The molecule has 0 aliphatic carbocycles. The van der Waals surface area contributed by atoms with Crippen LogP contribution in [0.3, 0.4) is 0 Å². The number of aliphatic imine (C=N–C) groups is 2. The number of carbonyl (C=O) groups is 1. The summed E-state index contributed by atoms with van der Waals surface area (Å²) in [6, 6.07) is 13.7. The monoisotopic (exact) mass is 408 g/mol. The van der Waals surface area contributed by atoms with Crippen LogP contribution in [0.2, 0.25) is 0 Å². The average Bonchev–Trinajstić information content (AvgIpc) is 3.09. The van der Waals surface area contributed by atoms with Gasteiger partial charge in [-0.1, -0.05) is 56.3 Å². The number of benzene rings is 2. The van der Waals surface area contributed by atoms with Gasteiger partial charge < -0.3 is 0 Å². The Morgan fingerprint density at radius 1 is 1.21 bits per heavy atom. The van der Waals surface area contributed by atoms with Gasteiger partial charge in [-0.25, -0.2) is 9.89 Å². The van der Waals surface area contributed by atoms with Crippen molar-refractivity contribution in [3.63, 3.8) is 0 Å². The number of non-ortho nitro benzene ring substituents is 1. The van der Waals surface area contributed by atoms with Crippen LogP contribution >= 0.6 is 11.8 Å². The first-order valence-corrected chi connectivity index (χ1v) is 10.4. The van der Waals surface area contributed by atoms with E-state index in [2.05, 4.69) is 6.92 Å². The van der Waals surface area contributed by atoms with Gasteiger partial charge in [0.1, 0.15) is 11.9 Å². The maximum atomic E-state index is 13.1. The van der Waals surface area contributed by atoms with Crippen molar-refractivity contribution in [2.75, 3.05) is 0 Å². The number of fused-ring (bicyclic) bond motifs is 3. The van der Waals surface area contributed by atoms with Crippen molar-refractivity contribution < 1.29 is 9.72 Å². The minimum absolute atomic E-state index is 0.0428. The lowest BCUT2D eigenvalue weighted by molar-refractivity contribution is -0.384. The Kier molecular flexibility index (Phi) is 5.19. The molecule has 0 spiro atoms. The van der Waals surface area contributed by atoms with E-state index in [4.69, 9.17) is 9.98 Å². The molecule has 2 aliphatic rings. The van der Waals surface area contributed by atoms with Crippen molar-refractivity contribution >= 4 is 40.0 Å². The molecule has 0 aromatic heterocycles. The van der Waals surface area contributed by atoms with Gasteiger partial charge in [-0.2, -0.15) is 0 Å². The van der Waals surface area contributed by atoms with E-state index in [-0.39, 0.29) is 17.5 Å². The van der Waals surface area contributed by atoms with E-state index < -0.39 is 11.0 Å². The summed E-state index contributed by atoms with van der Waals surface area (Å²) in [6.45, 7) is 4.10. The summed E-state index contributed by atoms with van der Waals surface area (Å²) in [5.41, 5.74) is 2.65. The summed E-state index contributed by atoms with van der Waals surface area (Å²) in [6.07, 6.45) is 0.866. The molecule has 0 bridgehead atoms. The molecule has 2 aromatic carbocycles. The van der Waals surface area contributed by atoms with Gasteiger partial charge in [-0.3, -0.25) is 19.9 Å². The molecule has 2 aliphatic heterocycles. The molecular formula is C21H20N4O3S. The summed E-state index contributed by atoms with van der Waals surface area (Å²) in [5, 5.41) is 11.4. The number of nitrogens with zero attached hydrogens (tertiary/aromatic N) is 4. The number of nitro benzene ring substituents is 1. The van der Waals surface area contributed by atoms with E-state index in [1.807, 2.05) is 31.2 Å². The molecule has 8 heteroatoms. The van der Waals surface area contributed by atoms with E-state index in [1.165, 1.54) is 23.9 Å². The van der Waals surface area contributed by atoms with Gasteiger partial charge >= 0.3 is 0 Å². The van der Waals surface area contributed by atoms with Crippen LogP contribution < -0.4 is 0 Å². The summed E-state index contributed by atoms with van der Waals surface area (Å²) in [5.74, 6) is 1.31. The van der Waals surface area contributed by atoms with Crippen LogP contribution in [0.25, 0.3) is 0 Å². The minimum atomic E-state index is -0.417. The molecule has 0 fully saturated rings. The summed E-state index contributed by atoms with van der Waals surface area (Å²) in [4.78, 5) is 34.7. The zero-order valence-electron chi connectivity index (χ0n) is 16.1.